The number of benzene rings is 1. The second-order valence-corrected chi connectivity index (χ2v) is 4.76. The van der Waals surface area contributed by atoms with Crippen LogP contribution in [0, 0.1) is 0 Å². The highest BCUT2D eigenvalue weighted by Crippen LogP contribution is 2.41. The number of nitrogens with zero attached hydrogens (tertiary/aromatic N) is 2. The number of aliphatic hydroxyl groups excluding tert-OH is 1. The lowest BCUT2D eigenvalue weighted by Gasteiger charge is -2.07. The molecule has 0 spiro atoms. The zero-order valence-electron chi connectivity index (χ0n) is 9.31. The quantitative estimate of drug-likeness (QED) is 0.907. The Kier molecular flexibility index (Phi) is 2.65. The zero-order chi connectivity index (χ0) is 11.8. The molecule has 0 atom stereocenters. The predicted molar refractivity (Wildman–Crippen MR) is 66.5 cm³/mol. The SMILES string of the molecule is OCc1cc(C2CC2)n(-c2ccccc2Cl)n1. The number of rotatable bonds is 3. The van der Waals surface area contributed by atoms with E-state index >= 15 is 0 Å². The van der Waals surface area contributed by atoms with Crippen LogP contribution < -0.4 is 0 Å². The van der Waals surface area contributed by atoms with Crippen molar-refractivity contribution in [1.82, 2.24) is 9.78 Å². The standard InChI is InChI=1S/C13H13ClN2O/c14-11-3-1-2-4-12(11)16-13(9-5-6-9)7-10(8-17)15-16/h1-4,7,9,17H,5-6,8H2. The van der Waals surface area contributed by atoms with Crippen molar-refractivity contribution < 1.29 is 5.11 Å². The van der Waals surface area contributed by atoms with E-state index in [1.165, 1.54) is 12.8 Å². The Morgan fingerprint density at radius 3 is 2.76 bits per heavy atom. The van der Waals surface area contributed by atoms with E-state index < -0.39 is 0 Å². The number of aliphatic hydroxyl groups is 1. The van der Waals surface area contributed by atoms with E-state index in [1.807, 2.05) is 35.0 Å². The van der Waals surface area contributed by atoms with Crippen molar-refractivity contribution in [3.05, 3.63) is 46.7 Å². The maximum atomic E-state index is 9.18. The van der Waals surface area contributed by atoms with Gasteiger partial charge in [0, 0.05) is 11.6 Å². The molecular weight excluding hydrogens is 236 g/mol. The summed E-state index contributed by atoms with van der Waals surface area (Å²) in [6, 6.07) is 9.62. The summed E-state index contributed by atoms with van der Waals surface area (Å²) in [5.41, 5.74) is 2.74. The van der Waals surface area contributed by atoms with Crippen molar-refractivity contribution in [2.75, 3.05) is 0 Å². The van der Waals surface area contributed by atoms with Gasteiger partial charge in [0.1, 0.15) is 0 Å². The minimum Gasteiger partial charge on any atom is -0.390 e. The third-order valence-electron chi connectivity index (χ3n) is 3.03. The highest BCUT2D eigenvalue weighted by atomic mass is 35.5. The third kappa shape index (κ3) is 1.96. The lowest BCUT2D eigenvalue weighted by molar-refractivity contribution is 0.276. The van der Waals surface area contributed by atoms with E-state index in [0.29, 0.717) is 16.6 Å². The Labute approximate surface area is 105 Å². The summed E-state index contributed by atoms with van der Waals surface area (Å²) in [7, 11) is 0. The van der Waals surface area contributed by atoms with E-state index in [-0.39, 0.29) is 6.61 Å². The second kappa shape index (κ2) is 4.17. The van der Waals surface area contributed by atoms with Crippen LogP contribution in [0.4, 0.5) is 0 Å². The lowest BCUT2D eigenvalue weighted by atomic mass is 10.2. The zero-order valence-corrected chi connectivity index (χ0v) is 10.1. The summed E-state index contributed by atoms with van der Waals surface area (Å²) in [5, 5.41) is 14.3. The first-order valence-corrected chi connectivity index (χ1v) is 6.12. The maximum Gasteiger partial charge on any atom is 0.0886 e. The van der Waals surface area contributed by atoms with Crippen LogP contribution >= 0.6 is 11.6 Å². The monoisotopic (exact) mass is 248 g/mol. The average Bonchev–Trinajstić information content (AvgIpc) is 3.10. The summed E-state index contributed by atoms with van der Waals surface area (Å²) in [4.78, 5) is 0. The molecule has 1 aromatic carbocycles. The fourth-order valence-corrected chi connectivity index (χ4v) is 2.23. The normalized spacial score (nSPS) is 15.2. The van der Waals surface area contributed by atoms with Crippen LogP contribution in [0.1, 0.15) is 30.1 Å². The molecule has 3 rings (SSSR count). The summed E-state index contributed by atoms with van der Waals surface area (Å²) < 4.78 is 1.87. The Hall–Kier alpha value is -1.32. The molecule has 1 aliphatic rings. The van der Waals surface area contributed by atoms with Gasteiger partial charge in [-0.25, -0.2) is 4.68 Å². The molecule has 3 nitrogen and oxygen atoms in total. The van der Waals surface area contributed by atoms with E-state index in [9.17, 15) is 5.11 Å². The Balaban J connectivity index is 2.12. The predicted octanol–water partition coefficient (Wildman–Crippen LogP) is 2.90. The third-order valence-corrected chi connectivity index (χ3v) is 3.35. The fraction of sp³-hybridized carbons (Fsp3) is 0.308. The van der Waals surface area contributed by atoms with Crippen LogP contribution in [-0.4, -0.2) is 14.9 Å². The first kappa shape index (κ1) is 10.8. The molecule has 88 valence electrons. The van der Waals surface area contributed by atoms with Crippen LogP contribution in [0.25, 0.3) is 5.69 Å². The van der Waals surface area contributed by atoms with Crippen LogP contribution in [0.15, 0.2) is 30.3 Å². The van der Waals surface area contributed by atoms with E-state index in [1.54, 1.807) is 0 Å². The van der Waals surface area contributed by atoms with Crippen molar-refractivity contribution in [3.8, 4) is 5.69 Å². The number of halogens is 1. The van der Waals surface area contributed by atoms with Crippen LogP contribution in [0.5, 0.6) is 0 Å². The van der Waals surface area contributed by atoms with Crippen LogP contribution in [0.2, 0.25) is 5.02 Å². The topological polar surface area (TPSA) is 38.0 Å². The molecule has 4 heteroatoms. The largest absolute Gasteiger partial charge is 0.390 e. The fourth-order valence-electron chi connectivity index (χ4n) is 2.01. The number of hydrogen-bond donors (Lipinski definition) is 1. The number of aromatic nitrogens is 2. The van der Waals surface area contributed by atoms with Crippen molar-refractivity contribution in [2.24, 2.45) is 0 Å². The van der Waals surface area contributed by atoms with Gasteiger partial charge in [0.15, 0.2) is 0 Å². The number of hydrogen-bond acceptors (Lipinski definition) is 2. The van der Waals surface area contributed by atoms with Gasteiger partial charge in [-0.1, -0.05) is 23.7 Å². The van der Waals surface area contributed by atoms with Crippen molar-refractivity contribution >= 4 is 11.6 Å². The first-order chi connectivity index (χ1) is 8.29. The van der Waals surface area contributed by atoms with Gasteiger partial charge in [0.05, 0.1) is 23.0 Å². The molecule has 0 unspecified atom stereocenters. The molecule has 2 aromatic rings. The molecule has 0 bridgehead atoms. The van der Waals surface area contributed by atoms with Gasteiger partial charge in [-0.3, -0.25) is 0 Å². The van der Waals surface area contributed by atoms with Crippen molar-refractivity contribution in [3.63, 3.8) is 0 Å². The van der Waals surface area contributed by atoms with Crippen LogP contribution in [-0.2, 0) is 6.61 Å². The summed E-state index contributed by atoms with van der Waals surface area (Å²) in [6.45, 7) is -0.0306. The van der Waals surface area contributed by atoms with Crippen molar-refractivity contribution in [2.45, 2.75) is 25.4 Å². The van der Waals surface area contributed by atoms with E-state index in [2.05, 4.69) is 5.10 Å². The number of para-hydroxylation sites is 1. The molecule has 1 aromatic heterocycles. The van der Waals surface area contributed by atoms with Gasteiger partial charge < -0.3 is 5.11 Å². The van der Waals surface area contributed by atoms with Crippen molar-refractivity contribution in [1.29, 1.82) is 0 Å². The van der Waals surface area contributed by atoms with Gasteiger partial charge >= 0.3 is 0 Å². The molecule has 1 aliphatic carbocycles. The van der Waals surface area contributed by atoms with E-state index in [4.69, 9.17) is 11.6 Å². The summed E-state index contributed by atoms with van der Waals surface area (Å²) in [5.74, 6) is 0.569. The smallest absolute Gasteiger partial charge is 0.0886 e. The Morgan fingerprint density at radius 2 is 2.12 bits per heavy atom. The lowest BCUT2D eigenvalue weighted by Crippen LogP contribution is -2.02. The minimum absolute atomic E-state index is 0.0306. The van der Waals surface area contributed by atoms with Gasteiger partial charge in [-0.05, 0) is 31.0 Å². The molecule has 17 heavy (non-hydrogen) atoms. The van der Waals surface area contributed by atoms with Crippen LogP contribution in [0.3, 0.4) is 0 Å². The average molecular weight is 249 g/mol. The highest BCUT2D eigenvalue weighted by molar-refractivity contribution is 6.32. The molecule has 0 saturated heterocycles. The molecule has 1 saturated carbocycles. The molecule has 0 amide bonds. The highest BCUT2D eigenvalue weighted by Gasteiger charge is 2.28. The van der Waals surface area contributed by atoms with Gasteiger partial charge in [-0.15, -0.1) is 0 Å². The Morgan fingerprint density at radius 1 is 1.35 bits per heavy atom. The molecule has 1 fully saturated rings. The Bertz CT molecular complexity index is 546. The maximum absolute atomic E-state index is 9.18. The minimum atomic E-state index is -0.0306. The van der Waals surface area contributed by atoms with Gasteiger partial charge in [-0.2, -0.15) is 5.10 Å². The van der Waals surface area contributed by atoms with Gasteiger partial charge in [0.25, 0.3) is 0 Å². The second-order valence-electron chi connectivity index (χ2n) is 4.36. The molecule has 0 aliphatic heterocycles. The van der Waals surface area contributed by atoms with E-state index in [0.717, 1.165) is 11.4 Å². The molecule has 0 radical (unpaired) electrons. The summed E-state index contributed by atoms with van der Waals surface area (Å²) in [6.07, 6.45) is 2.39. The molecule has 1 N–H and O–H groups in total. The molecular formula is C13H13ClN2O. The summed E-state index contributed by atoms with van der Waals surface area (Å²) >= 11 is 6.18. The molecule has 1 heterocycles. The first-order valence-electron chi connectivity index (χ1n) is 5.74. The van der Waals surface area contributed by atoms with Gasteiger partial charge in [0.2, 0.25) is 0 Å².